The molecule has 0 unspecified atom stereocenters. The molecule has 0 atom stereocenters. The Labute approximate surface area is 134 Å². The molecule has 0 aliphatic carbocycles. The number of benzene rings is 1. The van der Waals surface area contributed by atoms with E-state index in [1.54, 1.807) is 13.0 Å². The lowest BCUT2D eigenvalue weighted by atomic mass is 10.1. The second kappa shape index (κ2) is 5.95. The fourth-order valence-electron chi connectivity index (χ4n) is 2.31. The molecule has 3 aromatic rings. The number of nitrogens with one attached hydrogen (secondary N) is 2. The van der Waals surface area contributed by atoms with Gasteiger partial charge in [-0.2, -0.15) is 0 Å². The number of rotatable bonds is 4. The van der Waals surface area contributed by atoms with Crippen LogP contribution in [0.2, 0.25) is 0 Å². The molecule has 122 valence electrons. The number of nitro benzene ring substituents is 1. The summed E-state index contributed by atoms with van der Waals surface area (Å²) in [6.45, 7) is 1.83. The number of nitro groups is 1. The van der Waals surface area contributed by atoms with Gasteiger partial charge in [-0.25, -0.2) is 0 Å². The third kappa shape index (κ3) is 3.00. The Balaban J connectivity index is 1.97. The number of carbonyl (C=O) groups excluding carboxylic acids is 1. The molecule has 0 saturated heterocycles. The first-order valence-electron chi connectivity index (χ1n) is 6.96. The van der Waals surface area contributed by atoms with E-state index in [2.05, 4.69) is 15.5 Å². The van der Waals surface area contributed by atoms with Gasteiger partial charge in [0.1, 0.15) is 11.5 Å². The van der Waals surface area contributed by atoms with Crippen LogP contribution in [0, 0.1) is 17.0 Å². The Hall–Kier alpha value is -3.49. The first kappa shape index (κ1) is 15.4. The van der Waals surface area contributed by atoms with Crippen molar-refractivity contribution >= 4 is 22.5 Å². The van der Waals surface area contributed by atoms with Crippen molar-refractivity contribution in [2.24, 2.45) is 0 Å². The highest BCUT2D eigenvalue weighted by molar-refractivity contribution is 6.06. The Morgan fingerprint density at radius 3 is 2.83 bits per heavy atom. The number of aromatic nitrogens is 2. The minimum Gasteiger partial charge on any atom is -0.361 e. The van der Waals surface area contributed by atoms with Crippen LogP contribution in [-0.4, -0.2) is 21.0 Å². The zero-order chi connectivity index (χ0) is 17.3. The number of non-ortho nitro benzene ring substituents is 1. The third-order valence-electron chi connectivity index (χ3n) is 3.39. The largest absolute Gasteiger partial charge is 0.361 e. The van der Waals surface area contributed by atoms with Crippen LogP contribution >= 0.6 is 0 Å². The zero-order valence-electron chi connectivity index (χ0n) is 12.5. The summed E-state index contributed by atoms with van der Waals surface area (Å²) in [6, 6.07) is 6.68. The number of aromatic amines is 1. The van der Waals surface area contributed by atoms with E-state index < -0.39 is 16.4 Å². The predicted molar refractivity (Wildman–Crippen MR) is 83.6 cm³/mol. The van der Waals surface area contributed by atoms with Crippen LogP contribution < -0.4 is 10.9 Å². The van der Waals surface area contributed by atoms with E-state index in [0.717, 1.165) is 6.07 Å². The molecule has 0 radical (unpaired) electrons. The molecule has 9 heteroatoms. The molecule has 0 saturated carbocycles. The van der Waals surface area contributed by atoms with Crippen molar-refractivity contribution in [3.05, 3.63) is 67.8 Å². The van der Waals surface area contributed by atoms with Crippen LogP contribution in [0.25, 0.3) is 10.9 Å². The van der Waals surface area contributed by atoms with E-state index in [-0.39, 0.29) is 23.2 Å². The molecular weight excluding hydrogens is 316 g/mol. The second-order valence-electron chi connectivity index (χ2n) is 5.15. The molecule has 0 bridgehead atoms. The van der Waals surface area contributed by atoms with Crippen LogP contribution in [0.3, 0.4) is 0 Å². The minimum absolute atomic E-state index is 0.0534. The minimum atomic E-state index is -0.565. The summed E-state index contributed by atoms with van der Waals surface area (Å²) in [5, 5.41) is 17.6. The Bertz CT molecular complexity index is 1000. The highest BCUT2D eigenvalue weighted by atomic mass is 16.6. The van der Waals surface area contributed by atoms with Crippen molar-refractivity contribution < 1.29 is 14.2 Å². The van der Waals surface area contributed by atoms with Crippen molar-refractivity contribution in [3.63, 3.8) is 0 Å². The van der Waals surface area contributed by atoms with E-state index in [1.165, 1.54) is 18.2 Å². The normalized spacial score (nSPS) is 10.7. The third-order valence-corrected chi connectivity index (χ3v) is 3.39. The fourth-order valence-corrected chi connectivity index (χ4v) is 2.31. The van der Waals surface area contributed by atoms with E-state index in [4.69, 9.17) is 4.52 Å². The zero-order valence-corrected chi connectivity index (χ0v) is 12.5. The number of nitrogens with zero attached hydrogens (tertiary/aromatic N) is 2. The molecular formula is C15H12N4O5. The molecule has 2 N–H and O–H groups in total. The summed E-state index contributed by atoms with van der Waals surface area (Å²) < 4.78 is 4.90. The first-order valence-corrected chi connectivity index (χ1v) is 6.96. The maximum atomic E-state index is 12.4. The topological polar surface area (TPSA) is 131 Å². The van der Waals surface area contributed by atoms with Crippen molar-refractivity contribution in [1.82, 2.24) is 15.5 Å². The average molecular weight is 328 g/mol. The average Bonchev–Trinajstić information content (AvgIpc) is 2.96. The molecule has 9 nitrogen and oxygen atoms in total. The van der Waals surface area contributed by atoms with Gasteiger partial charge in [-0.1, -0.05) is 5.16 Å². The molecule has 24 heavy (non-hydrogen) atoms. The number of fused-ring (bicyclic) bond motifs is 1. The number of aryl methyl sites for hydroxylation is 1. The molecule has 1 aromatic carbocycles. The predicted octanol–water partition coefficient (Wildman–Crippen LogP) is 1.66. The number of carbonyl (C=O) groups is 1. The number of H-pyrrole nitrogens is 1. The fraction of sp³-hybridized carbons (Fsp3) is 0.133. The summed E-state index contributed by atoms with van der Waals surface area (Å²) in [7, 11) is 0. The van der Waals surface area contributed by atoms with Crippen LogP contribution in [0.5, 0.6) is 0 Å². The SMILES string of the molecule is Cc1cc(CNC(=O)c2cc(=O)[nH]c3ccc([N+](=O)[O-])cc23)no1. The molecule has 0 aliphatic heterocycles. The van der Waals surface area contributed by atoms with Crippen LogP contribution in [0.1, 0.15) is 21.8 Å². The Morgan fingerprint density at radius 1 is 1.38 bits per heavy atom. The number of pyridine rings is 1. The van der Waals surface area contributed by atoms with Gasteiger partial charge >= 0.3 is 0 Å². The van der Waals surface area contributed by atoms with Gasteiger partial charge in [0.05, 0.1) is 17.0 Å². The smallest absolute Gasteiger partial charge is 0.270 e. The molecule has 3 rings (SSSR count). The molecule has 0 spiro atoms. The summed E-state index contributed by atoms with van der Waals surface area (Å²) >= 11 is 0. The number of hydrogen-bond donors (Lipinski definition) is 2. The lowest BCUT2D eigenvalue weighted by molar-refractivity contribution is -0.384. The Kier molecular flexibility index (Phi) is 3.82. The van der Waals surface area contributed by atoms with Crippen molar-refractivity contribution in [2.75, 3.05) is 0 Å². The van der Waals surface area contributed by atoms with Gasteiger partial charge < -0.3 is 14.8 Å². The first-order chi connectivity index (χ1) is 11.4. The van der Waals surface area contributed by atoms with Crippen molar-refractivity contribution in [3.8, 4) is 0 Å². The van der Waals surface area contributed by atoms with Crippen molar-refractivity contribution in [1.29, 1.82) is 0 Å². The number of amides is 1. The summed E-state index contributed by atoms with van der Waals surface area (Å²) in [5.74, 6) is 0.0729. The highest BCUT2D eigenvalue weighted by Gasteiger charge is 2.15. The monoisotopic (exact) mass is 328 g/mol. The van der Waals surface area contributed by atoms with Gasteiger partial charge in [0, 0.05) is 35.2 Å². The quantitative estimate of drug-likeness (QED) is 0.553. The van der Waals surface area contributed by atoms with Gasteiger partial charge in [-0.15, -0.1) is 0 Å². The van der Waals surface area contributed by atoms with Gasteiger partial charge in [-0.05, 0) is 13.0 Å². The summed E-state index contributed by atoms with van der Waals surface area (Å²) in [5.41, 5.74) is 0.281. The van der Waals surface area contributed by atoms with E-state index in [9.17, 15) is 19.7 Å². The van der Waals surface area contributed by atoms with Gasteiger partial charge in [0.15, 0.2) is 0 Å². The standard InChI is InChI=1S/C15H12N4O5/c1-8-4-9(18-24-8)7-16-15(21)12-6-14(20)17-13-3-2-10(19(22)23)5-11(12)13/h2-6H,7H2,1H3,(H,16,21)(H,17,20). The van der Waals surface area contributed by atoms with Crippen LogP contribution in [-0.2, 0) is 6.54 Å². The van der Waals surface area contributed by atoms with E-state index >= 15 is 0 Å². The van der Waals surface area contributed by atoms with E-state index in [0.29, 0.717) is 17.0 Å². The molecule has 2 heterocycles. The van der Waals surface area contributed by atoms with Crippen LogP contribution in [0.15, 0.2) is 39.6 Å². The van der Waals surface area contributed by atoms with E-state index in [1.807, 2.05) is 0 Å². The molecule has 0 aliphatic rings. The van der Waals surface area contributed by atoms with Crippen molar-refractivity contribution in [2.45, 2.75) is 13.5 Å². The maximum absolute atomic E-state index is 12.4. The molecule has 2 aromatic heterocycles. The summed E-state index contributed by atoms with van der Waals surface area (Å²) in [6.07, 6.45) is 0. The maximum Gasteiger partial charge on any atom is 0.270 e. The van der Waals surface area contributed by atoms with Crippen LogP contribution in [0.4, 0.5) is 5.69 Å². The summed E-state index contributed by atoms with van der Waals surface area (Å²) in [4.78, 5) is 37.0. The number of hydrogen-bond acceptors (Lipinski definition) is 6. The highest BCUT2D eigenvalue weighted by Crippen LogP contribution is 2.21. The second-order valence-corrected chi connectivity index (χ2v) is 5.15. The Morgan fingerprint density at radius 2 is 2.17 bits per heavy atom. The lowest BCUT2D eigenvalue weighted by Gasteiger charge is -2.06. The lowest BCUT2D eigenvalue weighted by Crippen LogP contribution is -2.25. The van der Waals surface area contributed by atoms with Gasteiger partial charge in [0.2, 0.25) is 5.56 Å². The molecule has 0 fully saturated rings. The van der Waals surface area contributed by atoms with Gasteiger partial charge in [-0.3, -0.25) is 19.7 Å². The molecule has 1 amide bonds. The van der Waals surface area contributed by atoms with Gasteiger partial charge in [0.25, 0.3) is 11.6 Å².